The van der Waals surface area contributed by atoms with Crippen LogP contribution in [0.3, 0.4) is 0 Å². The molecule has 11 heavy (non-hydrogen) atoms. The molecule has 1 unspecified atom stereocenters. The van der Waals surface area contributed by atoms with E-state index in [4.69, 9.17) is 0 Å². The van der Waals surface area contributed by atoms with Crippen LogP contribution >= 0.6 is 12.4 Å². The topological polar surface area (TPSA) is 3.24 Å². The van der Waals surface area contributed by atoms with Gasteiger partial charge in [0, 0.05) is 6.54 Å². The van der Waals surface area contributed by atoms with Crippen LogP contribution in [0.25, 0.3) is 0 Å². The summed E-state index contributed by atoms with van der Waals surface area (Å²) >= 11 is 0. The summed E-state index contributed by atoms with van der Waals surface area (Å²) in [4.78, 5) is 2.56. The molecule has 1 aliphatic rings. The lowest BCUT2D eigenvalue weighted by atomic mass is 10.0. The molecular weight excluding hydrogens is 158 g/mol. The maximum Gasteiger partial charge on any atom is 0.00100 e. The Morgan fingerprint density at radius 3 is 2.55 bits per heavy atom. The first-order valence-electron chi connectivity index (χ1n) is 4.59. The Morgan fingerprint density at radius 2 is 2.09 bits per heavy atom. The normalized spacial score (nSPS) is 25.1. The SMILES string of the molecule is CCCC1CCN(CC)C1.Cl. The molecule has 1 saturated heterocycles. The average Bonchev–Trinajstić information content (AvgIpc) is 2.37. The van der Waals surface area contributed by atoms with E-state index in [-0.39, 0.29) is 12.4 Å². The quantitative estimate of drug-likeness (QED) is 0.641. The molecule has 0 aromatic rings. The molecule has 0 spiro atoms. The highest BCUT2D eigenvalue weighted by atomic mass is 35.5. The van der Waals surface area contributed by atoms with Gasteiger partial charge in [0.2, 0.25) is 0 Å². The number of hydrogen-bond acceptors (Lipinski definition) is 1. The largest absolute Gasteiger partial charge is 0.303 e. The fourth-order valence-electron chi connectivity index (χ4n) is 1.84. The minimum absolute atomic E-state index is 0. The summed E-state index contributed by atoms with van der Waals surface area (Å²) in [6, 6.07) is 0. The summed E-state index contributed by atoms with van der Waals surface area (Å²) in [7, 11) is 0. The van der Waals surface area contributed by atoms with Gasteiger partial charge in [-0.05, 0) is 31.8 Å². The van der Waals surface area contributed by atoms with Gasteiger partial charge < -0.3 is 4.90 Å². The highest BCUT2D eigenvalue weighted by molar-refractivity contribution is 5.85. The van der Waals surface area contributed by atoms with Gasteiger partial charge in [0.05, 0.1) is 0 Å². The second-order valence-electron chi connectivity index (χ2n) is 3.34. The summed E-state index contributed by atoms with van der Waals surface area (Å²) in [6.07, 6.45) is 4.25. The summed E-state index contributed by atoms with van der Waals surface area (Å²) in [5, 5.41) is 0. The first-order valence-corrected chi connectivity index (χ1v) is 4.59. The van der Waals surface area contributed by atoms with E-state index in [2.05, 4.69) is 18.7 Å². The van der Waals surface area contributed by atoms with Crippen molar-refractivity contribution in [3.05, 3.63) is 0 Å². The molecule has 1 fully saturated rings. The molecule has 1 nitrogen and oxygen atoms in total. The smallest absolute Gasteiger partial charge is 0.00100 e. The number of rotatable bonds is 3. The highest BCUT2D eigenvalue weighted by Crippen LogP contribution is 2.19. The Labute approximate surface area is 76.6 Å². The summed E-state index contributed by atoms with van der Waals surface area (Å²) in [5.41, 5.74) is 0. The van der Waals surface area contributed by atoms with Gasteiger partial charge in [-0.3, -0.25) is 0 Å². The average molecular weight is 178 g/mol. The van der Waals surface area contributed by atoms with Crippen molar-refractivity contribution in [2.75, 3.05) is 19.6 Å². The van der Waals surface area contributed by atoms with E-state index in [9.17, 15) is 0 Å². The van der Waals surface area contributed by atoms with Gasteiger partial charge in [-0.25, -0.2) is 0 Å². The molecule has 0 aromatic carbocycles. The minimum Gasteiger partial charge on any atom is -0.303 e. The Kier molecular flexibility index (Phi) is 5.98. The lowest BCUT2D eigenvalue weighted by molar-refractivity contribution is 0.337. The van der Waals surface area contributed by atoms with Crippen LogP contribution in [0.1, 0.15) is 33.1 Å². The van der Waals surface area contributed by atoms with Crippen molar-refractivity contribution in [1.29, 1.82) is 0 Å². The van der Waals surface area contributed by atoms with Gasteiger partial charge in [0.25, 0.3) is 0 Å². The first kappa shape index (κ1) is 11.2. The maximum absolute atomic E-state index is 2.56. The number of halogens is 1. The van der Waals surface area contributed by atoms with Crippen LogP contribution in [0.2, 0.25) is 0 Å². The third-order valence-electron chi connectivity index (χ3n) is 2.51. The summed E-state index contributed by atoms with van der Waals surface area (Å²) in [6.45, 7) is 8.51. The Morgan fingerprint density at radius 1 is 1.36 bits per heavy atom. The van der Waals surface area contributed by atoms with Crippen molar-refractivity contribution >= 4 is 12.4 Å². The van der Waals surface area contributed by atoms with Crippen LogP contribution in [0, 0.1) is 5.92 Å². The summed E-state index contributed by atoms with van der Waals surface area (Å²) < 4.78 is 0. The van der Waals surface area contributed by atoms with E-state index < -0.39 is 0 Å². The molecule has 2 heteroatoms. The van der Waals surface area contributed by atoms with Crippen LogP contribution < -0.4 is 0 Å². The van der Waals surface area contributed by atoms with Gasteiger partial charge in [0.1, 0.15) is 0 Å². The second-order valence-corrected chi connectivity index (χ2v) is 3.34. The molecule has 0 N–H and O–H groups in total. The van der Waals surface area contributed by atoms with E-state index in [1.54, 1.807) is 0 Å². The van der Waals surface area contributed by atoms with Crippen molar-refractivity contribution in [1.82, 2.24) is 4.90 Å². The Hall–Kier alpha value is 0.250. The fourth-order valence-corrected chi connectivity index (χ4v) is 1.84. The number of nitrogens with zero attached hydrogens (tertiary/aromatic N) is 1. The van der Waals surface area contributed by atoms with E-state index in [1.807, 2.05) is 0 Å². The predicted octanol–water partition coefficient (Wildman–Crippen LogP) is 2.55. The molecule has 0 radical (unpaired) electrons. The zero-order chi connectivity index (χ0) is 7.40. The molecule has 0 amide bonds. The first-order chi connectivity index (χ1) is 4.86. The molecule has 0 bridgehead atoms. The highest BCUT2D eigenvalue weighted by Gasteiger charge is 2.19. The second kappa shape index (κ2) is 5.84. The van der Waals surface area contributed by atoms with E-state index >= 15 is 0 Å². The molecule has 0 aromatic heterocycles. The number of likely N-dealkylation sites (tertiary alicyclic amines) is 1. The molecule has 1 heterocycles. The number of hydrogen-bond donors (Lipinski definition) is 0. The zero-order valence-electron chi connectivity index (χ0n) is 7.68. The summed E-state index contributed by atoms with van der Waals surface area (Å²) in [5.74, 6) is 1.02. The van der Waals surface area contributed by atoms with Crippen molar-refractivity contribution in [2.45, 2.75) is 33.1 Å². The molecule has 1 atom stereocenters. The van der Waals surface area contributed by atoms with Gasteiger partial charge >= 0.3 is 0 Å². The van der Waals surface area contributed by atoms with Crippen molar-refractivity contribution in [2.24, 2.45) is 5.92 Å². The molecule has 68 valence electrons. The monoisotopic (exact) mass is 177 g/mol. The molecule has 0 saturated carbocycles. The van der Waals surface area contributed by atoms with E-state index in [1.165, 1.54) is 38.9 Å². The van der Waals surface area contributed by atoms with E-state index in [0.717, 1.165) is 5.92 Å². The lowest BCUT2D eigenvalue weighted by Crippen LogP contribution is -2.19. The van der Waals surface area contributed by atoms with Crippen molar-refractivity contribution in [3.63, 3.8) is 0 Å². The Bertz CT molecular complexity index is 95.6. The Balaban J connectivity index is 0.000001000. The van der Waals surface area contributed by atoms with Gasteiger partial charge in [-0.2, -0.15) is 0 Å². The van der Waals surface area contributed by atoms with Gasteiger partial charge in [-0.15, -0.1) is 12.4 Å². The third-order valence-corrected chi connectivity index (χ3v) is 2.51. The predicted molar refractivity (Wildman–Crippen MR) is 52.4 cm³/mol. The standard InChI is InChI=1S/C9H19N.ClH/c1-3-5-9-6-7-10(4-2)8-9;/h9H,3-8H2,1-2H3;1H. The molecule has 1 aliphatic heterocycles. The molecule has 1 rings (SSSR count). The lowest BCUT2D eigenvalue weighted by Gasteiger charge is -2.11. The van der Waals surface area contributed by atoms with Crippen molar-refractivity contribution in [3.8, 4) is 0 Å². The zero-order valence-corrected chi connectivity index (χ0v) is 8.49. The molecule has 0 aliphatic carbocycles. The van der Waals surface area contributed by atoms with Crippen LogP contribution in [-0.4, -0.2) is 24.5 Å². The van der Waals surface area contributed by atoms with Crippen molar-refractivity contribution < 1.29 is 0 Å². The third kappa shape index (κ3) is 3.44. The maximum atomic E-state index is 2.56. The van der Waals surface area contributed by atoms with Crippen LogP contribution in [0.5, 0.6) is 0 Å². The van der Waals surface area contributed by atoms with Gasteiger partial charge in [-0.1, -0.05) is 20.3 Å². The van der Waals surface area contributed by atoms with Crippen LogP contribution in [0.4, 0.5) is 0 Å². The minimum atomic E-state index is 0. The molecular formula is C9H20ClN. The van der Waals surface area contributed by atoms with E-state index in [0.29, 0.717) is 0 Å². The van der Waals surface area contributed by atoms with Gasteiger partial charge in [0.15, 0.2) is 0 Å². The van der Waals surface area contributed by atoms with Crippen LogP contribution in [-0.2, 0) is 0 Å². The fraction of sp³-hybridized carbons (Fsp3) is 1.00. The van der Waals surface area contributed by atoms with Crippen LogP contribution in [0.15, 0.2) is 0 Å².